The van der Waals surface area contributed by atoms with E-state index in [1.165, 1.54) is 0 Å². The van der Waals surface area contributed by atoms with E-state index >= 15 is 0 Å². The largest absolute Gasteiger partial charge is 0.378 e. The Bertz CT molecular complexity index is 1210. The quantitative estimate of drug-likeness (QED) is 0.642. The predicted molar refractivity (Wildman–Crippen MR) is 125 cm³/mol. The molecule has 0 unspecified atom stereocenters. The first-order valence-corrected chi connectivity index (χ1v) is 12.7. The van der Waals surface area contributed by atoms with Crippen molar-refractivity contribution < 1.29 is 17.9 Å². The fraction of sp³-hybridized carbons (Fsp3) is 0.375. The Hall–Kier alpha value is -2.84. The van der Waals surface area contributed by atoms with Crippen LogP contribution in [0, 0.1) is 0 Å². The summed E-state index contributed by atoms with van der Waals surface area (Å²) in [6.45, 7) is 3.66. The van der Waals surface area contributed by atoms with Crippen molar-refractivity contribution in [1.29, 1.82) is 0 Å². The van der Waals surface area contributed by atoms with Gasteiger partial charge < -0.3 is 19.5 Å². The number of ether oxygens (including phenoxy) is 1. The standard InChI is InChI=1S/C24H27N3O4S/c28-24(27-11-13-31-14-12-27)17-32(29,30)19-7-8-23(26-9-3-4-10-26)20(16-19)22-15-18-5-1-2-6-21(18)25-22/h1-2,5-8,15-16,25H,3-4,9-14,17H2. The van der Waals surface area contributed by atoms with E-state index in [0.717, 1.165) is 53.8 Å². The summed E-state index contributed by atoms with van der Waals surface area (Å²) >= 11 is 0. The molecule has 0 radical (unpaired) electrons. The van der Waals surface area contributed by atoms with Crippen LogP contribution in [0.15, 0.2) is 53.4 Å². The zero-order valence-corrected chi connectivity index (χ0v) is 18.7. The lowest BCUT2D eigenvalue weighted by Crippen LogP contribution is -2.43. The summed E-state index contributed by atoms with van der Waals surface area (Å²) in [5, 5.41) is 1.07. The predicted octanol–water partition coefficient (Wildman–Crippen LogP) is 3.07. The highest BCUT2D eigenvalue weighted by molar-refractivity contribution is 7.92. The molecule has 7 nitrogen and oxygen atoms in total. The van der Waals surface area contributed by atoms with Gasteiger partial charge in [-0.2, -0.15) is 0 Å². The topological polar surface area (TPSA) is 82.7 Å². The molecule has 32 heavy (non-hydrogen) atoms. The van der Waals surface area contributed by atoms with Gasteiger partial charge in [0.15, 0.2) is 9.84 Å². The van der Waals surface area contributed by atoms with Gasteiger partial charge >= 0.3 is 0 Å². The highest BCUT2D eigenvalue weighted by Crippen LogP contribution is 2.36. The zero-order valence-electron chi connectivity index (χ0n) is 17.9. The van der Waals surface area contributed by atoms with Crippen molar-refractivity contribution >= 4 is 32.3 Å². The zero-order chi connectivity index (χ0) is 22.1. The van der Waals surface area contributed by atoms with Crippen LogP contribution < -0.4 is 4.90 Å². The number of carbonyl (C=O) groups is 1. The average molecular weight is 454 g/mol. The Morgan fingerprint density at radius 3 is 2.47 bits per heavy atom. The average Bonchev–Trinajstić information content (AvgIpc) is 3.49. The highest BCUT2D eigenvalue weighted by Gasteiger charge is 2.27. The second kappa shape index (κ2) is 8.60. The first-order valence-electron chi connectivity index (χ1n) is 11.1. The van der Waals surface area contributed by atoms with Gasteiger partial charge in [0.05, 0.1) is 18.1 Å². The highest BCUT2D eigenvalue weighted by atomic mass is 32.2. The second-order valence-electron chi connectivity index (χ2n) is 8.40. The molecule has 2 aliphatic rings. The van der Waals surface area contributed by atoms with Gasteiger partial charge in [0.2, 0.25) is 5.91 Å². The Kier molecular flexibility index (Phi) is 5.65. The number of benzene rings is 2. The molecule has 3 aromatic rings. The normalized spacial score (nSPS) is 17.2. The summed E-state index contributed by atoms with van der Waals surface area (Å²) in [6, 6.07) is 15.3. The summed E-state index contributed by atoms with van der Waals surface area (Å²) in [7, 11) is -3.77. The summed E-state index contributed by atoms with van der Waals surface area (Å²) in [5.41, 5.74) is 3.76. The number of hydrogen-bond donors (Lipinski definition) is 1. The molecule has 1 N–H and O–H groups in total. The van der Waals surface area contributed by atoms with Gasteiger partial charge in [-0.05, 0) is 43.2 Å². The van der Waals surface area contributed by atoms with Crippen molar-refractivity contribution in [2.24, 2.45) is 0 Å². The molecule has 0 spiro atoms. The number of carbonyl (C=O) groups excluding carboxylic acids is 1. The van der Waals surface area contributed by atoms with Crippen molar-refractivity contribution in [3.63, 3.8) is 0 Å². The van der Waals surface area contributed by atoms with Crippen LogP contribution >= 0.6 is 0 Å². The van der Waals surface area contributed by atoms with Gasteiger partial charge in [-0.15, -0.1) is 0 Å². The summed E-state index contributed by atoms with van der Waals surface area (Å²) < 4.78 is 31.6. The van der Waals surface area contributed by atoms with E-state index in [2.05, 4.69) is 16.0 Å². The number of morpholine rings is 1. The van der Waals surface area contributed by atoms with E-state index in [9.17, 15) is 13.2 Å². The maximum Gasteiger partial charge on any atom is 0.238 e. The Morgan fingerprint density at radius 1 is 0.969 bits per heavy atom. The first-order chi connectivity index (χ1) is 15.5. The molecule has 1 amide bonds. The number of rotatable bonds is 5. The van der Waals surface area contributed by atoms with Crippen molar-refractivity contribution in [3.05, 3.63) is 48.5 Å². The number of aromatic amines is 1. The molecule has 0 saturated carbocycles. The number of para-hydroxylation sites is 1. The Labute approximate surface area is 187 Å². The number of hydrogen-bond acceptors (Lipinski definition) is 5. The maximum atomic E-state index is 13.2. The minimum Gasteiger partial charge on any atom is -0.378 e. The van der Waals surface area contributed by atoms with Crippen molar-refractivity contribution in [3.8, 4) is 11.3 Å². The number of fused-ring (bicyclic) bond motifs is 1. The van der Waals surface area contributed by atoms with Gasteiger partial charge in [0.1, 0.15) is 5.75 Å². The molecule has 0 aliphatic carbocycles. The molecular weight excluding hydrogens is 426 g/mol. The van der Waals surface area contributed by atoms with Gasteiger partial charge in [-0.1, -0.05) is 18.2 Å². The van der Waals surface area contributed by atoms with Gasteiger partial charge in [0.25, 0.3) is 0 Å². The maximum absolute atomic E-state index is 13.2. The third-order valence-electron chi connectivity index (χ3n) is 6.27. The summed E-state index contributed by atoms with van der Waals surface area (Å²) in [6.07, 6.45) is 2.25. The fourth-order valence-corrected chi connectivity index (χ4v) is 5.77. The van der Waals surface area contributed by atoms with Gasteiger partial charge in [-0.25, -0.2) is 8.42 Å². The van der Waals surface area contributed by atoms with Crippen LogP contribution in [0.4, 0.5) is 5.69 Å². The Balaban J connectivity index is 1.52. The van der Waals surface area contributed by atoms with Crippen molar-refractivity contribution in [1.82, 2.24) is 9.88 Å². The van der Waals surface area contributed by atoms with E-state index in [-0.39, 0.29) is 10.8 Å². The molecule has 2 saturated heterocycles. The van der Waals surface area contributed by atoms with E-state index in [1.54, 1.807) is 17.0 Å². The van der Waals surface area contributed by atoms with Crippen LogP contribution in [0.2, 0.25) is 0 Å². The van der Waals surface area contributed by atoms with Crippen molar-refractivity contribution in [2.45, 2.75) is 17.7 Å². The van der Waals surface area contributed by atoms with Gasteiger partial charge in [0, 0.05) is 54.0 Å². The van der Waals surface area contributed by atoms with E-state index < -0.39 is 15.6 Å². The molecule has 2 fully saturated rings. The monoisotopic (exact) mass is 453 g/mol. The molecular formula is C24H27N3O4S. The van der Waals surface area contributed by atoms with Crippen LogP contribution in [-0.4, -0.2) is 69.4 Å². The molecule has 8 heteroatoms. The van der Waals surface area contributed by atoms with Crippen molar-refractivity contribution in [2.75, 3.05) is 50.0 Å². The van der Waals surface area contributed by atoms with E-state index in [1.807, 2.05) is 30.3 Å². The summed E-state index contributed by atoms with van der Waals surface area (Å²) in [5.74, 6) is -0.897. The molecule has 0 bridgehead atoms. The lowest BCUT2D eigenvalue weighted by molar-refractivity contribution is -0.132. The number of H-pyrrole nitrogens is 1. The molecule has 5 rings (SSSR count). The molecule has 168 valence electrons. The Morgan fingerprint density at radius 2 is 1.72 bits per heavy atom. The number of nitrogens with zero attached hydrogens (tertiary/aromatic N) is 2. The smallest absolute Gasteiger partial charge is 0.238 e. The first kappa shape index (κ1) is 21.0. The molecule has 0 atom stereocenters. The number of aromatic nitrogens is 1. The number of sulfone groups is 1. The fourth-order valence-electron chi connectivity index (χ4n) is 4.53. The number of nitrogens with one attached hydrogen (secondary N) is 1. The second-order valence-corrected chi connectivity index (χ2v) is 10.4. The van der Waals surface area contributed by atoms with Crippen LogP contribution in [0.25, 0.3) is 22.2 Å². The third kappa shape index (κ3) is 4.12. The van der Waals surface area contributed by atoms with Crippen LogP contribution in [0.5, 0.6) is 0 Å². The van der Waals surface area contributed by atoms with Crippen LogP contribution in [0.1, 0.15) is 12.8 Å². The molecule has 1 aromatic heterocycles. The molecule has 3 heterocycles. The minimum atomic E-state index is -3.77. The third-order valence-corrected chi connectivity index (χ3v) is 7.87. The number of amides is 1. The van der Waals surface area contributed by atoms with Crippen LogP contribution in [0.3, 0.4) is 0 Å². The molecule has 2 aliphatic heterocycles. The van der Waals surface area contributed by atoms with Gasteiger partial charge in [-0.3, -0.25) is 4.79 Å². The number of anilines is 1. The minimum absolute atomic E-state index is 0.177. The molecule has 2 aromatic carbocycles. The lowest BCUT2D eigenvalue weighted by Gasteiger charge is -2.27. The summed E-state index contributed by atoms with van der Waals surface area (Å²) in [4.78, 5) is 20.1. The SMILES string of the molecule is O=C(CS(=O)(=O)c1ccc(N2CCCC2)c(-c2cc3ccccc3[nH]2)c1)N1CCOCC1. The lowest BCUT2D eigenvalue weighted by atomic mass is 10.1. The van der Waals surface area contributed by atoms with E-state index in [4.69, 9.17) is 4.74 Å². The van der Waals surface area contributed by atoms with E-state index in [0.29, 0.717) is 26.3 Å². The van der Waals surface area contributed by atoms with Crippen LogP contribution in [-0.2, 0) is 19.4 Å².